The van der Waals surface area contributed by atoms with Gasteiger partial charge in [-0.2, -0.15) is 0 Å². The lowest BCUT2D eigenvalue weighted by Gasteiger charge is -2.55. The molecule has 0 aromatic carbocycles. The van der Waals surface area contributed by atoms with Crippen molar-refractivity contribution in [1.29, 1.82) is 0 Å². The van der Waals surface area contributed by atoms with Gasteiger partial charge in [0.1, 0.15) is 8.67 Å². The largest absolute Gasteiger partial charge is 0.136 e. The summed E-state index contributed by atoms with van der Waals surface area (Å²) in [4.78, 5) is 0. The molecule has 0 heterocycles. The molecule has 0 aromatic heterocycles. The van der Waals surface area contributed by atoms with E-state index in [9.17, 15) is 0 Å². The maximum Gasteiger partial charge on any atom is 0.136 e. The van der Waals surface area contributed by atoms with Gasteiger partial charge in [-0.1, -0.05) is 122 Å². The van der Waals surface area contributed by atoms with Crippen molar-refractivity contribution in [2.75, 3.05) is 0 Å². The summed E-state index contributed by atoms with van der Waals surface area (Å²) in [6.45, 7) is 7.81. The summed E-state index contributed by atoms with van der Waals surface area (Å²) >= 11 is 36.8. The van der Waals surface area contributed by atoms with Gasteiger partial charge in [0, 0.05) is 5.41 Å². The van der Waals surface area contributed by atoms with Crippen molar-refractivity contribution >= 4 is 94.2 Å². The molecule has 0 fully saturated rings. The highest BCUT2D eigenvalue weighted by atomic mass is 79.9. The Balaban J connectivity index is 6.05. The first kappa shape index (κ1) is 20.6. The fourth-order valence-electron chi connectivity index (χ4n) is 1.85. The van der Waals surface area contributed by atoms with E-state index in [1.165, 1.54) is 0 Å². The Labute approximate surface area is 155 Å². The van der Waals surface area contributed by atoms with Gasteiger partial charge in [0.25, 0.3) is 0 Å². The molecular formula is C11H17Br3Cl4. The third-order valence-electron chi connectivity index (χ3n) is 3.33. The first-order valence-electron chi connectivity index (χ1n) is 5.54. The van der Waals surface area contributed by atoms with Crippen molar-refractivity contribution in [2.24, 2.45) is 5.41 Å². The van der Waals surface area contributed by atoms with Crippen LogP contribution in [0.1, 0.15) is 40.5 Å². The molecular weight excluding hydrogens is 514 g/mol. The van der Waals surface area contributed by atoms with E-state index in [-0.39, 0.29) is 3.74 Å². The smallest absolute Gasteiger partial charge is 0.1000 e. The summed E-state index contributed by atoms with van der Waals surface area (Å²) in [5.74, 6) is 0. The summed E-state index contributed by atoms with van der Waals surface area (Å²) in [6, 6.07) is 0. The van der Waals surface area contributed by atoms with Crippen molar-refractivity contribution in [1.82, 2.24) is 0 Å². The van der Waals surface area contributed by atoms with Crippen molar-refractivity contribution in [3.05, 3.63) is 0 Å². The van der Waals surface area contributed by atoms with Crippen LogP contribution in [0.3, 0.4) is 0 Å². The standard InChI is InChI=1S/C11H17Br3Cl4/c1-5-9(15,16)11(14,10(17,18)6-2)8(3,4)7(12)13/h7H,5-6H2,1-4H3. The topological polar surface area (TPSA) is 0 Å². The van der Waals surface area contributed by atoms with Gasteiger partial charge in [0.05, 0.1) is 8.06 Å². The van der Waals surface area contributed by atoms with Crippen molar-refractivity contribution in [3.8, 4) is 0 Å². The summed E-state index contributed by atoms with van der Waals surface area (Å²) in [5.41, 5.74) is -0.452. The van der Waals surface area contributed by atoms with Gasteiger partial charge < -0.3 is 0 Å². The fraction of sp³-hybridized carbons (Fsp3) is 1.00. The number of rotatable bonds is 6. The molecule has 0 bridgehead atoms. The molecule has 0 N–H and O–H groups in total. The molecule has 0 aliphatic carbocycles. The van der Waals surface area contributed by atoms with E-state index in [1.54, 1.807) is 0 Å². The van der Waals surface area contributed by atoms with Crippen LogP contribution in [0.25, 0.3) is 0 Å². The second-order valence-corrected chi connectivity index (χ2v) is 12.0. The van der Waals surface area contributed by atoms with Crippen molar-refractivity contribution in [3.63, 3.8) is 0 Å². The SMILES string of the molecule is CCC(Cl)(Cl)C(Br)(C(Cl)(Cl)CC)C(C)(C)C(Br)Br. The van der Waals surface area contributed by atoms with Crippen LogP contribution in [0.2, 0.25) is 0 Å². The zero-order chi connectivity index (χ0) is 15.0. The van der Waals surface area contributed by atoms with Crippen LogP contribution in [0.5, 0.6) is 0 Å². The minimum atomic E-state index is -1.12. The maximum absolute atomic E-state index is 6.53. The molecule has 0 spiro atoms. The fourth-order valence-corrected chi connectivity index (χ4v) is 5.75. The molecule has 0 radical (unpaired) electrons. The highest BCUT2D eigenvalue weighted by Gasteiger charge is 2.67. The zero-order valence-electron chi connectivity index (χ0n) is 10.6. The Hall–Kier alpha value is 2.60. The quantitative estimate of drug-likeness (QED) is 0.313. The average molecular weight is 531 g/mol. The lowest BCUT2D eigenvalue weighted by Crippen LogP contribution is -2.63. The second-order valence-electron chi connectivity index (χ2n) is 4.80. The Morgan fingerprint density at radius 2 is 1.17 bits per heavy atom. The van der Waals surface area contributed by atoms with Gasteiger partial charge in [0.15, 0.2) is 0 Å². The third-order valence-corrected chi connectivity index (χ3v) is 11.1. The van der Waals surface area contributed by atoms with Crippen molar-refractivity contribution < 1.29 is 0 Å². The Kier molecular flexibility index (Phi) is 7.77. The van der Waals surface area contributed by atoms with E-state index < -0.39 is 18.4 Å². The molecule has 0 rings (SSSR count). The van der Waals surface area contributed by atoms with E-state index in [2.05, 4.69) is 47.8 Å². The van der Waals surface area contributed by atoms with Gasteiger partial charge in [-0.25, -0.2) is 0 Å². The molecule has 0 aromatic rings. The van der Waals surface area contributed by atoms with E-state index in [0.717, 1.165) is 0 Å². The maximum atomic E-state index is 6.53. The van der Waals surface area contributed by atoms with Crippen LogP contribution in [-0.4, -0.2) is 16.7 Å². The van der Waals surface area contributed by atoms with E-state index in [4.69, 9.17) is 46.4 Å². The Morgan fingerprint density at radius 1 is 0.889 bits per heavy atom. The van der Waals surface area contributed by atoms with E-state index >= 15 is 0 Å². The summed E-state index contributed by atoms with van der Waals surface area (Å²) in [5, 5.41) is 0. The number of halogens is 7. The predicted octanol–water partition coefficient (Wildman–Crippen LogP) is 7.43. The third kappa shape index (κ3) is 3.33. The average Bonchev–Trinajstić information content (AvgIpc) is 2.26. The van der Waals surface area contributed by atoms with Crippen LogP contribution in [0, 0.1) is 5.41 Å². The van der Waals surface area contributed by atoms with E-state index in [0.29, 0.717) is 12.8 Å². The van der Waals surface area contributed by atoms with Crippen LogP contribution < -0.4 is 0 Å². The molecule has 7 heteroatoms. The Bertz CT molecular complexity index is 274. The van der Waals surface area contributed by atoms with E-state index in [1.807, 2.05) is 27.7 Å². The highest BCUT2D eigenvalue weighted by Crippen LogP contribution is 2.65. The van der Waals surface area contributed by atoms with Crippen LogP contribution >= 0.6 is 94.2 Å². The lowest BCUT2D eigenvalue weighted by molar-refractivity contribution is 0.232. The first-order chi connectivity index (χ1) is 7.81. The van der Waals surface area contributed by atoms with Crippen LogP contribution in [0.15, 0.2) is 0 Å². The number of alkyl halides is 7. The normalized spacial score (nSPS) is 15.3. The highest BCUT2D eigenvalue weighted by molar-refractivity contribution is 9.24. The molecule has 0 aliphatic rings. The summed E-state index contributed by atoms with van der Waals surface area (Å²) in [6.07, 6.45) is 1.03. The zero-order valence-corrected chi connectivity index (χ0v) is 18.4. The van der Waals surface area contributed by atoms with Gasteiger partial charge in [-0.3, -0.25) is 0 Å². The predicted molar refractivity (Wildman–Crippen MR) is 96.5 cm³/mol. The van der Waals surface area contributed by atoms with Gasteiger partial charge in [-0.15, -0.1) is 0 Å². The van der Waals surface area contributed by atoms with Crippen LogP contribution in [0.4, 0.5) is 0 Å². The van der Waals surface area contributed by atoms with Gasteiger partial charge in [-0.05, 0) is 12.8 Å². The first-order valence-corrected chi connectivity index (χ1v) is 9.68. The minimum Gasteiger partial charge on any atom is -0.1000 e. The Morgan fingerprint density at radius 3 is 1.33 bits per heavy atom. The minimum absolute atomic E-state index is 0.0660. The molecule has 0 saturated heterocycles. The summed E-state index contributed by atoms with van der Waals surface area (Å²) in [7, 11) is 0. The summed E-state index contributed by atoms with van der Waals surface area (Å²) < 4.78 is -3.21. The number of hydrogen-bond donors (Lipinski definition) is 0. The van der Waals surface area contributed by atoms with Crippen LogP contribution in [-0.2, 0) is 0 Å². The second kappa shape index (κ2) is 6.79. The monoisotopic (exact) mass is 526 g/mol. The molecule has 0 unspecified atom stereocenters. The van der Waals surface area contributed by atoms with Gasteiger partial charge in [0.2, 0.25) is 0 Å². The lowest BCUT2D eigenvalue weighted by atomic mass is 9.74. The molecule has 0 nitrogen and oxygen atoms in total. The molecule has 18 heavy (non-hydrogen) atoms. The molecule has 0 saturated carbocycles. The molecule has 0 atom stereocenters. The van der Waals surface area contributed by atoms with Crippen molar-refractivity contribution in [2.45, 2.75) is 57.3 Å². The number of hydrogen-bond acceptors (Lipinski definition) is 0. The molecule has 110 valence electrons. The van der Waals surface area contributed by atoms with Gasteiger partial charge >= 0.3 is 0 Å². The molecule has 0 aliphatic heterocycles. The molecule has 0 amide bonds.